The first-order chi connectivity index (χ1) is 19.5. The van der Waals surface area contributed by atoms with Crippen LogP contribution in [-0.4, -0.2) is 50.0 Å². The summed E-state index contributed by atoms with van der Waals surface area (Å²) >= 11 is 12.3. The molecule has 1 saturated carbocycles. The Bertz CT molecular complexity index is 1450. The second-order valence-electron chi connectivity index (χ2n) is 10.2. The highest BCUT2D eigenvalue weighted by atomic mass is 35.5. The van der Waals surface area contributed by atoms with E-state index in [1.54, 1.807) is 0 Å². The van der Waals surface area contributed by atoms with Crippen LogP contribution in [0.2, 0.25) is 10.0 Å². The van der Waals surface area contributed by atoms with Crippen LogP contribution in [0.5, 0.6) is 0 Å². The van der Waals surface area contributed by atoms with Crippen molar-refractivity contribution in [3.63, 3.8) is 0 Å². The molecule has 0 heterocycles. The van der Waals surface area contributed by atoms with Crippen LogP contribution in [0.3, 0.4) is 0 Å². The Hall–Kier alpha value is -3.14. The summed E-state index contributed by atoms with van der Waals surface area (Å²) in [6.07, 6.45) is 4.91. The molecule has 218 valence electrons. The lowest BCUT2D eigenvalue weighted by atomic mass is 10.0. The van der Waals surface area contributed by atoms with Gasteiger partial charge in [0.15, 0.2) is 0 Å². The third kappa shape index (κ3) is 8.67. The Balaban J connectivity index is 1.73. The van der Waals surface area contributed by atoms with Crippen molar-refractivity contribution in [2.24, 2.45) is 0 Å². The van der Waals surface area contributed by atoms with Crippen LogP contribution < -0.4 is 9.62 Å². The number of hydrogen-bond donors (Lipinski definition) is 1. The van der Waals surface area contributed by atoms with E-state index >= 15 is 0 Å². The van der Waals surface area contributed by atoms with Crippen LogP contribution in [0.4, 0.5) is 10.1 Å². The quantitative estimate of drug-likeness (QED) is 0.303. The van der Waals surface area contributed by atoms with E-state index in [4.69, 9.17) is 23.2 Å². The molecule has 2 amide bonds. The van der Waals surface area contributed by atoms with Crippen molar-refractivity contribution in [2.75, 3.05) is 17.1 Å². The number of carbonyl (C=O) groups is 2. The summed E-state index contributed by atoms with van der Waals surface area (Å²) in [6, 6.07) is 18.2. The molecule has 0 spiro atoms. The number of anilines is 1. The molecular weight excluding hydrogens is 588 g/mol. The molecule has 11 heteroatoms. The highest BCUT2D eigenvalue weighted by Gasteiger charge is 2.34. The molecule has 4 rings (SSSR count). The second kappa shape index (κ2) is 13.7. The lowest BCUT2D eigenvalue weighted by Gasteiger charge is -2.34. The zero-order valence-corrected chi connectivity index (χ0v) is 24.9. The number of sulfonamides is 1. The number of hydrogen-bond acceptors (Lipinski definition) is 4. The zero-order valence-electron chi connectivity index (χ0n) is 22.6. The number of amides is 2. The Labute approximate surface area is 250 Å². The smallest absolute Gasteiger partial charge is 0.244 e. The van der Waals surface area contributed by atoms with Gasteiger partial charge in [-0.15, -0.1) is 0 Å². The van der Waals surface area contributed by atoms with Gasteiger partial charge in [0.1, 0.15) is 18.4 Å². The van der Waals surface area contributed by atoms with Crippen LogP contribution in [0, 0.1) is 5.82 Å². The fourth-order valence-electron chi connectivity index (χ4n) is 5.00. The minimum Gasteiger partial charge on any atom is -0.352 e. The predicted molar refractivity (Wildman–Crippen MR) is 160 cm³/mol. The third-order valence-electron chi connectivity index (χ3n) is 7.05. The van der Waals surface area contributed by atoms with Gasteiger partial charge in [0.2, 0.25) is 21.8 Å². The van der Waals surface area contributed by atoms with E-state index in [0.29, 0.717) is 5.56 Å². The van der Waals surface area contributed by atoms with Crippen LogP contribution in [0.15, 0.2) is 72.8 Å². The number of rotatable bonds is 11. The topological polar surface area (TPSA) is 86.8 Å². The standard InChI is InChI=1S/C30H32Cl2FN3O4S/c1-41(39,40)36(27-17-23(31)16-24(32)18-27)20-29(37)35(19-22-11-13-25(33)14-12-22)28(15-21-7-3-2-4-8-21)30(38)34-26-9-5-6-10-26/h2-4,7-8,11-14,16-18,26,28H,5-6,9-10,15,19-20H2,1H3,(H,34,38)/t28-/m0/s1. The zero-order chi connectivity index (χ0) is 29.6. The lowest BCUT2D eigenvalue weighted by Crippen LogP contribution is -2.54. The molecule has 0 bridgehead atoms. The van der Waals surface area contributed by atoms with E-state index in [-0.39, 0.29) is 40.6 Å². The van der Waals surface area contributed by atoms with Gasteiger partial charge in [-0.1, -0.05) is 78.5 Å². The molecule has 0 saturated heterocycles. The summed E-state index contributed by atoms with van der Waals surface area (Å²) in [5, 5.41) is 3.51. The average molecular weight is 621 g/mol. The van der Waals surface area contributed by atoms with Gasteiger partial charge in [0, 0.05) is 29.1 Å². The number of nitrogens with one attached hydrogen (secondary N) is 1. The minimum atomic E-state index is -3.96. The molecule has 1 aliphatic rings. The molecule has 0 radical (unpaired) electrons. The van der Waals surface area contributed by atoms with E-state index in [1.807, 2.05) is 30.3 Å². The lowest BCUT2D eigenvalue weighted by molar-refractivity contribution is -0.140. The van der Waals surface area contributed by atoms with Crippen LogP contribution in [0.25, 0.3) is 0 Å². The molecule has 0 unspecified atom stereocenters. The van der Waals surface area contributed by atoms with Gasteiger partial charge >= 0.3 is 0 Å². The molecule has 3 aromatic rings. The van der Waals surface area contributed by atoms with E-state index in [9.17, 15) is 22.4 Å². The second-order valence-corrected chi connectivity index (χ2v) is 13.0. The molecule has 0 aliphatic heterocycles. The Morgan fingerprint density at radius 2 is 1.56 bits per heavy atom. The average Bonchev–Trinajstić information content (AvgIpc) is 3.42. The fourth-order valence-corrected chi connectivity index (χ4v) is 6.35. The molecule has 1 fully saturated rings. The first-order valence-corrected chi connectivity index (χ1v) is 15.9. The largest absolute Gasteiger partial charge is 0.352 e. The summed E-state index contributed by atoms with van der Waals surface area (Å²) in [5.41, 5.74) is 1.54. The molecule has 1 N–H and O–H groups in total. The Morgan fingerprint density at radius 1 is 0.951 bits per heavy atom. The van der Waals surface area contributed by atoms with Crippen LogP contribution in [0.1, 0.15) is 36.8 Å². The highest BCUT2D eigenvalue weighted by molar-refractivity contribution is 7.92. The number of carbonyl (C=O) groups excluding carboxylic acids is 2. The van der Waals surface area contributed by atoms with Gasteiger partial charge in [-0.3, -0.25) is 13.9 Å². The Kier molecular flexibility index (Phi) is 10.3. The maximum Gasteiger partial charge on any atom is 0.244 e. The van der Waals surface area contributed by atoms with E-state index in [1.165, 1.54) is 47.4 Å². The van der Waals surface area contributed by atoms with Crippen molar-refractivity contribution in [1.82, 2.24) is 10.2 Å². The minimum absolute atomic E-state index is 0.00432. The number of halogens is 3. The van der Waals surface area contributed by atoms with E-state index in [2.05, 4.69) is 5.32 Å². The van der Waals surface area contributed by atoms with E-state index in [0.717, 1.165) is 41.8 Å². The first kappa shape index (κ1) is 30.8. The number of benzene rings is 3. The Morgan fingerprint density at radius 3 is 2.15 bits per heavy atom. The van der Waals surface area contributed by atoms with Gasteiger partial charge in [-0.2, -0.15) is 0 Å². The van der Waals surface area contributed by atoms with Crippen molar-refractivity contribution in [3.05, 3.63) is 99.8 Å². The van der Waals surface area contributed by atoms with Gasteiger partial charge in [-0.25, -0.2) is 12.8 Å². The van der Waals surface area contributed by atoms with Crippen molar-refractivity contribution in [3.8, 4) is 0 Å². The van der Waals surface area contributed by atoms with Crippen LogP contribution in [-0.2, 0) is 32.6 Å². The fraction of sp³-hybridized carbons (Fsp3) is 0.333. The van der Waals surface area contributed by atoms with Gasteiger partial charge < -0.3 is 10.2 Å². The highest BCUT2D eigenvalue weighted by Crippen LogP contribution is 2.28. The molecule has 3 aromatic carbocycles. The molecular formula is C30H32Cl2FN3O4S. The summed E-state index contributed by atoms with van der Waals surface area (Å²) in [7, 11) is -3.96. The molecule has 1 aliphatic carbocycles. The van der Waals surface area contributed by atoms with Crippen molar-refractivity contribution < 1.29 is 22.4 Å². The van der Waals surface area contributed by atoms with E-state index < -0.39 is 34.3 Å². The van der Waals surface area contributed by atoms with Crippen molar-refractivity contribution in [2.45, 2.75) is 50.7 Å². The molecule has 41 heavy (non-hydrogen) atoms. The summed E-state index contributed by atoms with van der Waals surface area (Å²) in [6.45, 7) is -0.638. The maximum atomic E-state index is 14.1. The first-order valence-electron chi connectivity index (χ1n) is 13.3. The summed E-state index contributed by atoms with van der Waals surface area (Å²) < 4.78 is 40.4. The normalized spacial score (nSPS) is 14.4. The maximum absolute atomic E-state index is 14.1. The van der Waals surface area contributed by atoms with Gasteiger partial charge in [0.05, 0.1) is 11.9 Å². The third-order valence-corrected chi connectivity index (χ3v) is 8.63. The molecule has 1 atom stereocenters. The summed E-state index contributed by atoms with van der Waals surface area (Å²) in [4.78, 5) is 29.3. The van der Waals surface area contributed by atoms with Crippen LogP contribution >= 0.6 is 23.2 Å². The molecule has 7 nitrogen and oxygen atoms in total. The monoisotopic (exact) mass is 619 g/mol. The van der Waals surface area contributed by atoms with Crippen molar-refractivity contribution in [1.29, 1.82) is 0 Å². The number of nitrogens with zero attached hydrogens (tertiary/aromatic N) is 2. The van der Waals surface area contributed by atoms with Gasteiger partial charge in [-0.05, 0) is 54.3 Å². The SMILES string of the molecule is CS(=O)(=O)N(CC(=O)N(Cc1ccc(F)cc1)[C@@H](Cc1ccccc1)C(=O)NC1CCCC1)c1cc(Cl)cc(Cl)c1. The summed E-state index contributed by atoms with van der Waals surface area (Å²) in [5.74, 6) is -1.38. The predicted octanol–water partition coefficient (Wildman–Crippen LogP) is 5.60. The van der Waals surface area contributed by atoms with Gasteiger partial charge in [0.25, 0.3) is 0 Å². The molecule has 0 aromatic heterocycles. The van der Waals surface area contributed by atoms with Crippen molar-refractivity contribution >= 4 is 50.7 Å².